The second-order valence-corrected chi connectivity index (χ2v) is 4.58. The molecule has 2 rings (SSSR count). The zero-order valence-electron chi connectivity index (χ0n) is 9.65. The number of anilines is 1. The first-order chi connectivity index (χ1) is 7.72. The van der Waals surface area contributed by atoms with Gasteiger partial charge in [0.15, 0.2) is 5.78 Å². The largest absolute Gasteiger partial charge is 0.383 e. The Labute approximate surface area is 96.1 Å². The van der Waals surface area contributed by atoms with Gasteiger partial charge in [-0.15, -0.1) is 0 Å². The first kappa shape index (κ1) is 11.1. The number of nitrogens with zero attached hydrogens (tertiary/aromatic N) is 1. The van der Waals surface area contributed by atoms with E-state index in [1.54, 1.807) is 18.3 Å². The smallest absolute Gasteiger partial charge is 0.169 e. The molecule has 0 amide bonds. The lowest BCUT2D eigenvalue weighted by molar-refractivity contribution is 0.0920. The van der Waals surface area contributed by atoms with E-state index in [9.17, 15) is 4.79 Å². The quantitative estimate of drug-likeness (QED) is 0.793. The summed E-state index contributed by atoms with van der Waals surface area (Å²) < 4.78 is 0. The van der Waals surface area contributed by atoms with Gasteiger partial charge in [0.25, 0.3) is 0 Å². The Morgan fingerprint density at radius 3 is 3.00 bits per heavy atom. The lowest BCUT2D eigenvalue weighted by Gasteiger charge is -2.10. The third kappa shape index (κ3) is 2.08. The summed E-state index contributed by atoms with van der Waals surface area (Å²) in [4.78, 5) is 16.2. The predicted octanol–water partition coefficient (Wildman–Crippen LogP) is 2.67. The first-order valence-electron chi connectivity index (χ1n) is 5.97. The molecule has 16 heavy (non-hydrogen) atoms. The summed E-state index contributed by atoms with van der Waals surface area (Å²) >= 11 is 0. The van der Waals surface area contributed by atoms with Crippen LogP contribution in [0.25, 0.3) is 0 Å². The molecule has 1 aromatic rings. The molecule has 0 aliphatic heterocycles. The van der Waals surface area contributed by atoms with Gasteiger partial charge >= 0.3 is 0 Å². The lowest BCUT2D eigenvalue weighted by Crippen LogP contribution is -2.14. The second kappa shape index (κ2) is 4.64. The zero-order valence-corrected chi connectivity index (χ0v) is 9.65. The first-order valence-corrected chi connectivity index (χ1v) is 5.97. The third-order valence-corrected chi connectivity index (χ3v) is 3.59. The summed E-state index contributed by atoms with van der Waals surface area (Å²) in [7, 11) is 0. The van der Waals surface area contributed by atoms with Crippen LogP contribution in [0.15, 0.2) is 18.3 Å². The molecule has 0 radical (unpaired) electrons. The number of rotatable bonds is 3. The highest BCUT2D eigenvalue weighted by Crippen LogP contribution is 2.35. The lowest BCUT2D eigenvalue weighted by atomic mass is 9.95. The average molecular weight is 218 g/mol. The van der Waals surface area contributed by atoms with Crippen molar-refractivity contribution in [3.63, 3.8) is 0 Å². The number of hydrogen-bond acceptors (Lipinski definition) is 3. The number of ketones is 1. The highest BCUT2D eigenvalue weighted by Gasteiger charge is 2.30. The molecule has 1 fully saturated rings. The fraction of sp³-hybridized carbons (Fsp3) is 0.538. The molecule has 3 heteroatoms. The maximum atomic E-state index is 12.2. The van der Waals surface area contributed by atoms with Gasteiger partial charge in [-0.3, -0.25) is 4.79 Å². The van der Waals surface area contributed by atoms with E-state index >= 15 is 0 Å². The summed E-state index contributed by atoms with van der Waals surface area (Å²) in [5.41, 5.74) is 6.33. The molecule has 2 unspecified atom stereocenters. The van der Waals surface area contributed by atoms with Gasteiger partial charge in [0, 0.05) is 12.1 Å². The summed E-state index contributed by atoms with van der Waals surface area (Å²) in [6.07, 6.45) is 5.99. The highest BCUT2D eigenvalue weighted by molar-refractivity contribution is 6.01. The monoisotopic (exact) mass is 218 g/mol. The number of aromatic nitrogens is 1. The number of nitrogens with two attached hydrogens (primary N) is 1. The van der Waals surface area contributed by atoms with Gasteiger partial charge in [-0.1, -0.05) is 13.3 Å². The van der Waals surface area contributed by atoms with Crippen LogP contribution in [-0.2, 0) is 0 Å². The van der Waals surface area contributed by atoms with Crippen molar-refractivity contribution in [2.75, 3.05) is 5.73 Å². The van der Waals surface area contributed by atoms with E-state index in [-0.39, 0.29) is 11.7 Å². The number of Topliss-reactive ketones (excluding diaryl/α,β-unsaturated/α-hetero) is 1. The van der Waals surface area contributed by atoms with Gasteiger partial charge in [0.05, 0.1) is 5.56 Å². The SMILES string of the molecule is CCC1CCC(C(=O)c2cccnc2N)C1. The van der Waals surface area contributed by atoms with E-state index in [2.05, 4.69) is 11.9 Å². The topological polar surface area (TPSA) is 56.0 Å². The molecule has 1 heterocycles. The summed E-state index contributed by atoms with van der Waals surface area (Å²) in [5.74, 6) is 1.43. The molecule has 3 nitrogen and oxygen atoms in total. The van der Waals surface area contributed by atoms with E-state index in [1.807, 2.05) is 0 Å². The number of pyridine rings is 1. The number of hydrogen-bond donors (Lipinski definition) is 1. The molecule has 86 valence electrons. The van der Waals surface area contributed by atoms with Gasteiger partial charge in [-0.05, 0) is 37.3 Å². The van der Waals surface area contributed by atoms with Gasteiger partial charge in [-0.25, -0.2) is 4.98 Å². The summed E-state index contributed by atoms with van der Waals surface area (Å²) in [5, 5.41) is 0. The van der Waals surface area contributed by atoms with E-state index in [0.29, 0.717) is 17.3 Å². The van der Waals surface area contributed by atoms with Crippen LogP contribution in [0.1, 0.15) is 43.0 Å². The Kier molecular flexibility index (Phi) is 3.22. The zero-order chi connectivity index (χ0) is 11.5. The minimum atomic E-state index is 0.163. The fourth-order valence-electron chi connectivity index (χ4n) is 2.53. The van der Waals surface area contributed by atoms with Crippen molar-refractivity contribution < 1.29 is 4.79 Å². The number of carbonyl (C=O) groups is 1. The molecule has 1 aliphatic carbocycles. The minimum Gasteiger partial charge on any atom is -0.383 e. The van der Waals surface area contributed by atoms with Gasteiger partial charge in [0.2, 0.25) is 0 Å². The maximum Gasteiger partial charge on any atom is 0.169 e. The van der Waals surface area contributed by atoms with Crippen LogP contribution in [-0.4, -0.2) is 10.8 Å². The van der Waals surface area contributed by atoms with Crippen molar-refractivity contribution >= 4 is 11.6 Å². The molecule has 0 bridgehead atoms. The Balaban J connectivity index is 2.12. The molecule has 0 saturated heterocycles. The van der Waals surface area contributed by atoms with Gasteiger partial charge < -0.3 is 5.73 Å². The van der Waals surface area contributed by atoms with E-state index in [0.717, 1.165) is 12.8 Å². The van der Waals surface area contributed by atoms with Crippen LogP contribution in [0.5, 0.6) is 0 Å². The molecule has 0 aromatic carbocycles. The van der Waals surface area contributed by atoms with Crippen LogP contribution >= 0.6 is 0 Å². The maximum absolute atomic E-state index is 12.2. The van der Waals surface area contributed by atoms with E-state index < -0.39 is 0 Å². The molecule has 0 spiro atoms. The molecular weight excluding hydrogens is 200 g/mol. The van der Waals surface area contributed by atoms with Crippen molar-refractivity contribution in [3.8, 4) is 0 Å². The van der Waals surface area contributed by atoms with Crippen molar-refractivity contribution in [1.82, 2.24) is 4.98 Å². The molecule has 1 aromatic heterocycles. The molecular formula is C13H18N2O. The number of carbonyl (C=O) groups excluding carboxylic acids is 1. The van der Waals surface area contributed by atoms with Crippen molar-refractivity contribution in [3.05, 3.63) is 23.9 Å². The van der Waals surface area contributed by atoms with Crippen molar-refractivity contribution in [2.24, 2.45) is 11.8 Å². The average Bonchev–Trinajstić information content (AvgIpc) is 2.77. The van der Waals surface area contributed by atoms with Crippen LogP contribution < -0.4 is 5.73 Å². The second-order valence-electron chi connectivity index (χ2n) is 4.58. The summed E-state index contributed by atoms with van der Waals surface area (Å²) in [6, 6.07) is 3.56. The van der Waals surface area contributed by atoms with Crippen LogP contribution in [0.2, 0.25) is 0 Å². The molecule has 1 aliphatic rings. The number of nitrogen functional groups attached to an aromatic ring is 1. The Bertz CT molecular complexity index is 389. The molecule has 1 saturated carbocycles. The Hall–Kier alpha value is -1.38. The Morgan fingerprint density at radius 1 is 1.56 bits per heavy atom. The van der Waals surface area contributed by atoms with Gasteiger partial charge in [-0.2, -0.15) is 0 Å². The highest BCUT2D eigenvalue weighted by atomic mass is 16.1. The summed E-state index contributed by atoms with van der Waals surface area (Å²) in [6.45, 7) is 2.19. The predicted molar refractivity (Wildman–Crippen MR) is 64.1 cm³/mol. The third-order valence-electron chi connectivity index (χ3n) is 3.59. The normalized spacial score (nSPS) is 24.6. The van der Waals surface area contributed by atoms with E-state index in [4.69, 9.17) is 5.73 Å². The van der Waals surface area contributed by atoms with Crippen LogP contribution in [0.3, 0.4) is 0 Å². The fourth-order valence-corrected chi connectivity index (χ4v) is 2.53. The Morgan fingerprint density at radius 2 is 2.38 bits per heavy atom. The minimum absolute atomic E-state index is 0.163. The van der Waals surface area contributed by atoms with Crippen LogP contribution in [0, 0.1) is 11.8 Å². The standard InChI is InChI=1S/C13H18N2O/c1-2-9-5-6-10(8-9)12(16)11-4-3-7-15-13(11)14/h3-4,7,9-10H,2,5-6,8H2,1H3,(H2,14,15). The molecule has 2 N–H and O–H groups in total. The van der Waals surface area contributed by atoms with Crippen molar-refractivity contribution in [2.45, 2.75) is 32.6 Å². The van der Waals surface area contributed by atoms with E-state index in [1.165, 1.54) is 12.8 Å². The van der Waals surface area contributed by atoms with Crippen LogP contribution in [0.4, 0.5) is 5.82 Å². The molecule has 2 atom stereocenters. The van der Waals surface area contributed by atoms with Gasteiger partial charge in [0.1, 0.15) is 5.82 Å². The van der Waals surface area contributed by atoms with Crippen molar-refractivity contribution in [1.29, 1.82) is 0 Å².